The first-order valence-corrected chi connectivity index (χ1v) is 12.0. The van der Waals surface area contributed by atoms with Crippen LogP contribution >= 0.6 is 0 Å². The third-order valence-corrected chi connectivity index (χ3v) is 5.41. The van der Waals surface area contributed by atoms with E-state index in [4.69, 9.17) is 4.74 Å². The molecule has 1 saturated heterocycles. The van der Waals surface area contributed by atoms with Gasteiger partial charge in [-0.2, -0.15) is 0 Å². The Morgan fingerprint density at radius 1 is 0.971 bits per heavy atom. The topological polar surface area (TPSA) is 32.8 Å². The van der Waals surface area contributed by atoms with Crippen LogP contribution in [0, 0.1) is 0 Å². The number of nitrogens with zero attached hydrogens (tertiary/aromatic N) is 2. The van der Waals surface area contributed by atoms with Crippen LogP contribution in [-0.4, -0.2) is 49.8 Å². The number of carbonyl (C=O) groups excluding carboxylic acids is 1. The van der Waals surface area contributed by atoms with Crippen molar-refractivity contribution in [1.82, 2.24) is 9.80 Å². The molecule has 2 aromatic rings. The number of amides is 1. The van der Waals surface area contributed by atoms with Crippen molar-refractivity contribution in [2.24, 2.45) is 0 Å². The minimum absolute atomic E-state index is 0.122. The molecular weight excluding hydrogens is 439 g/mol. The Morgan fingerprint density at radius 2 is 1.57 bits per heavy atom. The van der Waals surface area contributed by atoms with E-state index >= 15 is 0 Å². The van der Waals surface area contributed by atoms with Gasteiger partial charge in [0.1, 0.15) is 6.10 Å². The molecule has 1 amide bonds. The first kappa shape index (κ1) is 27.8. The van der Waals surface area contributed by atoms with Crippen LogP contribution in [0.15, 0.2) is 90.2 Å². The van der Waals surface area contributed by atoms with Crippen molar-refractivity contribution in [2.75, 3.05) is 27.8 Å². The van der Waals surface area contributed by atoms with Crippen molar-refractivity contribution in [3.63, 3.8) is 0 Å². The monoisotopic (exact) mass is 476 g/mol. The number of halogens is 1. The first-order chi connectivity index (χ1) is 17.1. The summed E-state index contributed by atoms with van der Waals surface area (Å²) in [6, 6.07) is 17.1. The molecule has 4 nitrogen and oxygen atoms in total. The van der Waals surface area contributed by atoms with E-state index in [1.54, 1.807) is 4.90 Å². The molecule has 4 rings (SSSR count). The lowest BCUT2D eigenvalue weighted by Crippen LogP contribution is -2.24. The van der Waals surface area contributed by atoms with E-state index in [-0.39, 0.29) is 12.2 Å². The normalized spacial score (nSPS) is 16.1. The van der Waals surface area contributed by atoms with Gasteiger partial charge in [-0.15, -0.1) is 5.73 Å². The van der Waals surface area contributed by atoms with E-state index in [0.717, 1.165) is 17.7 Å². The number of alkyl halides is 1. The van der Waals surface area contributed by atoms with Gasteiger partial charge in [0.2, 0.25) is 0 Å². The third kappa shape index (κ3) is 8.71. The summed E-state index contributed by atoms with van der Waals surface area (Å²) in [5, 5.41) is 0. The lowest BCUT2D eigenvalue weighted by Gasteiger charge is -2.14. The Labute approximate surface area is 209 Å². The fourth-order valence-corrected chi connectivity index (χ4v) is 3.88. The molecule has 5 heteroatoms. The quantitative estimate of drug-likeness (QED) is 0.406. The van der Waals surface area contributed by atoms with E-state index in [1.165, 1.54) is 16.7 Å². The molecule has 1 atom stereocenters. The number of hydrogen-bond donors (Lipinski definition) is 0. The third-order valence-electron chi connectivity index (χ3n) is 5.41. The highest BCUT2D eigenvalue weighted by Gasteiger charge is 2.31. The predicted molar refractivity (Wildman–Crippen MR) is 143 cm³/mol. The maximum atomic E-state index is 12.3. The summed E-state index contributed by atoms with van der Waals surface area (Å²) in [5.74, 6) is 0. The van der Waals surface area contributed by atoms with Crippen molar-refractivity contribution < 1.29 is 13.9 Å². The summed E-state index contributed by atoms with van der Waals surface area (Å²) >= 11 is 0. The lowest BCUT2D eigenvalue weighted by atomic mass is 10.0. The number of rotatable bonds is 7. The van der Waals surface area contributed by atoms with E-state index < -0.39 is 0 Å². The minimum Gasteiger partial charge on any atom is -0.444 e. The second-order valence-corrected chi connectivity index (χ2v) is 8.33. The van der Waals surface area contributed by atoms with Crippen LogP contribution in [0.25, 0.3) is 11.1 Å². The highest BCUT2D eigenvalue weighted by Crippen LogP contribution is 2.24. The Hall–Kier alpha value is -3.40. The van der Waals surface area contributed by atoms with Crippen LogP contribution in [0.5, 0.6) is 0 Å². The predicted octanol–water partition coefficient (Wildman–Crippen LogP) is 6.95. The van der Waals surface area contributed by atoms with Crippen LogP contribution in [0.3, 0.4) is 0 Å². The van der Waals surface area contributed by atoms with Crippen molar-refractivity contribution in [1.29, 1.82) is 0 Å². The number of ether oxygens (including phenoxy) is 1. The number of allylic oxidation sites excluding steroid dienone is 4. The summed E-state index contributed by atoms with van der Waals surface area (Å²) in [6.07, 6.45) is 10.1. The standard InChI is InChI=1S/C27H28N2O2.C2H6.CH3F/c1-28(2)18-22-9-13-24(14-10-22)25-15-11-23(12-16-25)19-29-20-26(31-27(29)30)17-21-7-5-3-4-6-8-21;2*1-2/h3-5,7-16,26H,17-20H2,1-2H3;1-2H3;1H3. The van der Waals surface area contributed by atoms with Crippen LogP contribution in [0.1, 0.15) is 31.4 Å². The Bertz CT molecular complexity index is 1050. The van der Waals surface area contributed by atoms with Gasteiger partial charge in [0.05, 0.1) is 13.7 Å². The lowest BCUT2D eigenvalue weighted by molar-refractivity contribution is 0.132. The molecule has 2 aromatic carbocycles. The second kappa shape index (κ2) is 14.8. The highest BCUT2D eigenvalue weighted by atomic mass is 19.1. The molecule has 1 heterocycles. The average molecular weight is 477 g/mol. The van der Waals surface area contributed by atoms with Crippen LogP contribution in [-0.2, 0) is 17.8 Å². The summed E-state index contributed by atoms with van der Waals surface area (Å²) in [5.41, 5.74) is 8.99. The van der Waals surface area contributed by atoms with Gasteiger partial charge in [-0.1, -0.05) is 80.6 Å². The zero-order valence-corrected chi connectivity index (χ0v) is 21.5. The molecule has 0 N–H and O–H groups in total. The fraction of sp³-hybridized carbons (Fsp3) is 0.333. The van der Waals surface area contributed by atoms with E-state index in [9.17, 15) is 9.18 Å². The summed E-state index contributed by atoms with van der Waals surface area (Å²) in [6.45, 7) is 6.10. The number of cyclic esters (lactones) is 1. The summed E-state index contributed by atoms with van der Waals surface area (Å²) in [4.78, 5) is 16.3. The molecule has 0 bridgehead atoms. The van der Waals surface area contributed by atoms with Crippen LogP contribution in [0.4, 0.5) is 9.18 Å². The molecular formula is C30H37FN2O2. The van der Waals surface area contributed by atoms with Crippen molar-refractivity contribution in [2.45, 2.75) is 39.5 Å². The second-order valence-electron chi connectivity index (χ2n) is 8.33. The van der Waals surface area contributed by atoms with E-state index in [1.807, 2.05) is 44.2 Å². The Balaban J connectivity index is 0.00000103. The van der Waals surface area contributed by atoms with Gasteiger partial charge in [-0.05, 0) is 54.1 Å². The molecule has 35 heavy (non-hydrogen) atoms. The zero-order valence-electron chi connectivity index (χ0n) is 21.5. The Morgan fingerprint density at radius 3 is 2.17 bits per heavy atom. The molecule has 0 saturated carbocycles. The molecule has 1 aliphatic heterocycles. The van der Waals surface area contributed by atoms with Gasteiger partial charge < -0.3 is 14.5 Å². The van der Waals surface area contributed by atoms with Gasteiger partial charge >= 0.3 is 6.09 Å². The molecule has 2 aliphatic rings. The molecule has 0 aromatic heterocycles. The summed E-state index contributed by atoms with van der Waals surface area (Å²) < 4.78 is 15.1. The van der Waals surface area contributed by atoms with Crippen LogP contribution < -0.4 is 0 Å². The van der Waals surface area contributed by atoms with Crippen molar-refractivity contribution in [3.8, 4) is 11.1 Å². The minimum atomic E-state index is -0.241. The van der Waals surface area contributed by atoms with Crippen molar-refractivity contribution in [3.05, 3.63) is 101 Å². The SMILES string of the molecule is CC.CF.CN(C)Cc1ccc(-c2ccc(CN3CC(CC4=CC=CC=C=C4)OC3=O)cc2)cc1. The zero-order chi connectivity index (χ0) is 25.6. The van der Waals surface area contributed by atoms with Crippen molar-refractivity contribution >= 4 is 6.09 Å². The molecule has 1 fully saturated rings. The fourth-order valence-electron chi connectivity index (χ4n) is 3.88. The summed E-state index contributed by atoms with van der Waals surface area (Å²) in [7, 11) is 4.65. The molecule has 0 radical (unpaired) electrons. The molecule has 1 unspecified atom stereocenters. The number of carbonyl (C=O) groups is 1. The van der Waals surface area contributed by atoms with E-state index in [2.05, 4.69) is 73.3 Å². The van der Waals surface area contributed by atoms with Crippen LogP contribution in [0.2, 0.25) is 0 Å². The van der Waals surface area contributed by atoms with Gasteiger partial charge in [0, 0.05) is 19.5 Å². The number of benzene rings is 2. The molecule has 0 spiro atoms. The average Bonchev–Trinajstić information content (AvgIpc) is 3.05. The smallest absolute Gasteiger partial charge is 0.410 e. The maximum Gasteiger partial charge on any atom is 0.410 e. The van der Waals surface area contributed by atoms with Gasteiger partial charge in [-0.25, -0.2) is 4.79 Å². The molecule has 1 aliphatic carbocycles. The van der Waals surface area contributed by atoms with Gasteiger partial charge in [-0.3, -0.25) is 4.39 Å². The largest absolute Gasteiger partial charge is 0.444 e. The molecule has 186 valence electrons. The number of hydrogen-bond acceptors (Lipinski definition) is 3. The maximum absolute atomic E-state index is 12.3. The first-order valence-electron chi connectivity index (χ1n) is 12.0. The Kier molecular flexibility index (Phi) is 11.8. The van der Waals surface area contributed by atoms with Gasteiger partial charge in [0.15, 0.2) is 0 Å². The van der Waals surface area contributed by atoms with E-state index in [0.29, 0.717) is 26.7 Å². The van der Waals surface area contributed by atoms with Gasteiger partial charge in [0.25, 0.3) is 0 Å². The highest BCUT2D eigenvalue weighted by molar-refractivity contribution is 5.70.